The van der Waals surface area contributed by atoms with Crippen LogP contribution in [0, 0.1) is 6.92 Å². The predicted octanol–water partition coefficient (Wildman–Crippen LogP) is 4.93. The maximum atomic E-state index is 13.6. The molecule has 2 rings (SSSR count). The van der Waals surface area contributed by atoms with Gasteiger partial charge in [0.15, 0.2) is 0 Å². The summed E-state index contributed by atoms with van der Waals surface area (Å²) in [6.07, 6.45) is 2.70. The van der Waals surface area contributed by atoms with Crippen LogP contribution in [0.2, 0.25) is 5.02 Å². The third-order valence-electron chi connectivity index (χ3n) is 6.47. The van der Waals surface area contributed by atoms with E-state index in [1.807, 2.05) is 52.0 Å². The molecule has 0 bridgehead atoms. The molecule has 210 valence electrons. The van der Waals surface area contributed by atoms with E-state index >= 15 is 0 Å². The van der Waals surface area contributed by atoms with E-state index in [1.165, 1.54) is 4.31 Å². The number of ether oxygens (including phenoxy) is 1. The van der Waals surface area contributed by atoms with Gasteiger partial charge < -0.3 is 15.0 Å². The van der Waals surface area contributed by atoms with E-state index in [9.17, 15) is 18.0 Å². The molecule has 38 heavy (non-hydrogen) atoms. The summed E-state index contributed by atoms with van der Waals surface area (Å²) in [5.41, 5.74) is 2.08. The molecule has 0 saturated heterocycles. The molecule has 0 radical (unpaired) electrons. The minimum atomic E-state index is -3.61. The van der Waals surface area contributed by atoms with Crippen molar-refractivity contribution in [1.29, 1.82) is 0 Å². The molecule has 8 nitrogen and oxygen atoms in total. The summed E-state index contributed by atoms with van der Waals surface area (Å²) >= 11 is 6.13. The topological polar surface area (TPSA) is 96.0 Å². The number of aryl methyl sites for hydroxylation is 1. The smallest absolute Gasteiger partial charge is 0.243 e. The zero-order valence-corrected chi connectivity index (χ0v) is 24.7. The summed E-state index contributed by atoms with van der Waals surface area (Å²) < 4.78 is 31.8. The van der Waals surface area contributed by atoms with E-state index in [-0.39, 0.29) is 43.8 Å². The number of sulfonamides is 1. The predicted molar refractivity (Wildman–Crippen MR) is 153 cm³/mol. The van der Waals surface area contributed by atoms with Crippen LogP contribution >= 0.6 is 11.6 Å². The lowest BCUT2D eigenvalue weighted by Crippen LogP contribution is -2.50. The molecule has 1 N–H and O–H groups in total. The first-order valence-electron chi connectivity index (χ1n) is 12.9. The molecule has 2 aromatic carbocycles. The Morgan fingerprint density at radius 1 is 1.11 bits per heavy atom. The van der Waals surface area contributed by atoms with Crippen LogP contribution in [-0.4, -0.2) is 57.1 Å². The first kappa shape index (κ1) is 31.4. The van der Waals surface area contributed by atoms with Gasteiger partial charge in [0.2, 0.25) is 21.8 Å². The standard InChI is InChI=1S/C28H40ClN3O5S/c1-7-21(4)30-28(34)25(8-2)31(19-22-11-9-12-24(17-22)37-5)27(33)13-10-16-32(38(6,35)36)26-18-23(29)15-14-20(26)3/h9,11-12,14-15,17-18,21,25H,7-8,10,13,16,19H2,1-6H3,(H,30,34)/t21-,25-/m1/s1. The molecule has 0 aliphatic rings. The quantitative estimate of drug-likeness (QED) is 0.350. The molecule has 0 aliphatic heterocycles. The SMILES string of the molecule is CC[C@@H](C)NC(=O)[C@@H](CC)N(Cc1cccc(OC)c1)C(=O)CCCN(c1cc(Cl)ccc1C)S(C)(=O)=O. The first-order chi connectivity index (χ1) is 17.9. The maximum Gasteiger partial charge on any atom is 0.243 e. The Kier molecular flexibility index (Phi) is 11.9. The number of halogens is 1. The molecule has 0 aromatic heterocycles. The third kappa shape index (κ3) is 8.91. The summed E-state index contributed by atoms with van der Waals surface area (Å²) in [6, 6.07) is 11.8. The van der Waals surface area contributed by atoms with Crippen LogP contribution in [0.15, 0.2) is 42.5 Å². The van der Waals surface area contributed by atoms with Crippen LogP contribution in [0.5, 0.6) is 5.75 Å². The largest absolute Gasteiger partial charge is 0.497 e. The molecular weight excluding hydrogens is 526 g/mol. The summed E-state index contributed by atoms with van der Waals surface area (Å²) in [5.74, 6) is 0.230. The molecule has 0 saturated carbocycles. The van der Waals surface area contributed by atoms with Gasteiger partial charge in [-0.25, -0.2) is 8.42 Å². The fourth-order valence-electron chi connectivity index (χ4n) is 4.16. The summed E-state index contributed by atoms with van der Waals surface area (Å²) in [5, 5.41) is 3.42. The molecular formula is C28H40ClN3O5S. The van der Waals surface area contributed by atoms with E-state index in [2.05, 4.69) is 5.32 Å². The summed E-state index contributed by atoms with van der Waals surface area (Å²) in [6.45, 7) is 7.93. The van der Waals surface area contributed by atoms with Crippen LogP contribution < -0.4 is 14.4 Å². The van der Waals surface area contributed by atoms with Crippen LogP contribution in [0.4, 0.5) is 5.69 Å². The highest BCUT2D eigenvalue weighted by molar-refractivity contribution is 7.92. The Balaban J connectivity index is 2.28. The van der Waals surface area contributed by atoms with Gasteiger partial charge in [-0.1, -0.05) is 43.6 Å². The molecule has 0 aliphatic carbocycles. The van der Waals surface area contributed by atoms with E-state index < -0.39 is 16.1 Å². The van der Waals surface area contributed by atoms with Gasteiger partial charge in [-0.15, -0.1) is 0 Å². The Labute approximate surface area is 232 Å². The lowest BCUT2D eigenvalue weighted by molar-refractivity contribution is -0.141. The number of carbonyl (C=O) groups is 2. The first-order valence-corrected chi connectivity index (χ1v) is 15.1. The number of benzene rings is 2. The molecule has 2 atom stereocenters. The monoisotopic (exact) mass is 565 g/mol. The highest BCUT2D eigenvalue weighted by atomic mass is 35.5. The lowest BCUT2D eigenvalue weighted by atomic mass is 10.1. The fraction of sp³-hybridized carbons (Fsp3) is 0.500. The second-order valence-electron chi connectivity index (χ2n) is 9.48. The number of methoxy groups -OCH3 is 1. The van der Waals surface area contributed by atoms with Crippen molar-refractivity contribution >= 4 is 39.1 Å². The number of nitrogens with one attached hydrogen (secondary N) is 1. The second kappa shape index (κ2) is 14.4. The number of amides is 2. The van der Waals surface area contributed by atoms with Crippen molar-refractivity contribution in [1.82, 2.24) is 10.2 Å². The number of hydrogen-bond acceptors (Lipinski definition) is 5. The molecule has 2 aromatic rings. The number of carbonyl (C=O) groups excluding carboxylic acids is 2. The Hall–Kier alpha value is -2.78. The van der Waals surface area contributed by atoms with Crippen molar-refractivity contribution in [2.75, 3.05) is 24.2 Å². The van der Waals surface area contributed by atoms with Gasteiger partial charge >= 0.3 is 0 Å². The minimum absolute atomic E-state index is 0.0189. The average Bonchev–Trinajstić information content (AvgIpc) is 2.87. The van der Waals surface area contributed by atoms with Crippen molar-refractivity contribution in [3.05, 3.63) is 58.6 Å². The number of hydrogen-bond donors (Lipinski definition) is 1. The molecule has 0 heterocycles. The number of anilines is 1. The van der Waals surface area contributed by atoms with Crippen LogP contribution in [0.1, 0.15) is 57.6 Å². The van der Waals surface area contributed by atoms with Gasteiger partial charge in [-0.05, 0) is 68.5 Å². The summed E-state index contributed by atoms with van der Waals surface area (Å²) in [7, 11) is -2.04. The third-order valence-corrected chi connectivity index (χ3v) is 7.88. The molecule has 2 amide bonds. The van der Waals surface area contributed by atoms with Gasteiger partial charge in [0, 0.05) is 30.6 Å². The van der Waals surface area contributed by atoms with Gasteiger partial charge in [0.05, 0.1) is 19.1 Å². The van der Waals surface area contributed by atoms with Crippen molar-refractivity contribution in [3.8, 4) is 5.75 Å². The van der Waals surface area contributed by atoms with E-state index in [0.29, 0.717) is 22.9 Å². The van der Waals surface area contributed by atoms with E-state index in [4.69, 9.17) is 16.3 Å². The zero-order valence-electron chi connectivity index (χ0n) is 23.2. The van der Waals surface area contributed by atoms with Crippen molar-refractivity contribution < 1.29 is 22.7 Å². The van der Waals surface area contributed by atoms with Crippen molar-refractivity contribution in [2.45, 2.75) is 72.0 Å². The van der Waals surface area contributed by atoms with Crippen molar-refractivity contribution in [2.24, 2.45) is 0 Å². The number of nitrogens with zero attached hydrogens (tertiary/aromatic N) is 2. The molecule has 0 spiro atoms. The fourth-order valence-corrected chi connectivity index (χ4v) is 5.34. The normalized spacial score (nSPS) is 12.9. The van der Waals surface area contributed by atoms with E-state index in [1.54, 1.807) is 30.2 Å². The lowest BCUT2D eigenvalue weighted by Gasteiger charge is -2.32. The van der Waals surface area contributed by atoms with Crippen LogP contribution in [0.3, 0.4) is 0 Å². The molecule has 0 fully saturated rings. The van der Waals surface area contributed by atoms with Gasteiger partial charge in [0.25, 0.3) is 0 Å². The van der Waals surface area contributed by atoms with Crippen molar-refractivity contribution in [3.63, 3.8) is 0 Å². The van der Waals surface area contributed by atoms with Gasteiger partial charge in [-0.3, -0.25) is 13.9 Å². The molecule has 0 unspecified atom stereocenters. The molecule has 10 heteroatoms. The van der Waals surface area contributed by atoms with Crippen LogP contribution in [0.25, 0.3) is 0 Å². The average molecular weight is 566 g/mol. The Morgan fingerprint density at radius 3 is 2.42 bits per heavy atom. The Morgan fingerprint density at radius 2 is 1.82 bits per heavy atom. The summed E-state index contributed by atoms with van der Waals surface area (Å²) in [4.78, 5) is 28.3. The van der Waals surface area contributed by atoms with Crippen LogP contribution in [-0.2, 0) is 26.2 Å². The zero-order chi connectivity index (χ0) is 28.5. The highest BCUT2D eigenvalue weighted by Gasteiger charge is 2.29. The second-order valence-corrected chi connectivity index (χ2v) is 11.8. The van der Waals surface area contributed by atoms with Gasteiger partial charge in [0.1, 0.15) is 11.8 Å². The minimum Gasteiger partial charge on any atom is -0.497 e. The number of rotatable bonds is 14. The van der Waals surface area contributed by atoms with E-state index in [0.717, 1.165) is 23.8 Å². The van der Waals surface area contributed by atoms with Gasteiger partial charge in [-0.2, -0.15) is 0 Å². The highest BCUT2D eigenvalue weighted by Crippen LogP contribution is 2.27. The Bertz CT molecular complexity index is 1200. The maximum absolute atomic E-state index is 13.6.